The minimum Gasteiger partial charge on any atom is -0.454 e. The summed E-state index contributed by atoms with van der Waals surface area (Å²) >= 11 is 15.9. The lowest BCUT2D eigenvalue weighted by Gasteiger charge is -2.08. The largest absolute Gasteiger partial charge is 0.454 e. The van der Waals surface area contributed by atoms with Gasteiger partial charge in [0.2, 0.25) is 6.79 Å². The lowest BCUT2D eigenvalue weighted by molar-refractivity contribution is 0.173. The fourth-order valence-corrected chi connectivity index (χ4v) is 3.25. The minimum atomic E-state index is 0.204. The Hall–Kier alpha value is -1.04. The zero-order chi connectivity index (χ0) is 15.0. The predicted octanol–water partition coefficient (Wildman–Crippen LogP) is 4.89. The molecule has 0 unspecified atom stereocenters. The second kappa shape index (κ2) is 5.99. The van der Waals surface area contributed by atoms with Crippen LogP contribution in [-0.4, -0.2) is 16.8 Å². The highest BCUT2D eigenvalue weighted by Gasteiger charge is 2.20. The molecule has 4 nitrogen and oxygen atoms in total. The molecule has 0 atom stereocenters. The van der Waals surface area contributed by atoms with Gasteiger partial charge in [-0.1, -0.05) is 36.5 Å². The molecule has 21 heavy (non-hydrogen) atoms. The number of aromatic nitrogens is 2. The van der Waals surface area contributed by atoms with Crippen LogP contribution in [0.3, 0.4) is 0 Å². The van der Waals surface area contributed by atoms with E-state index in [1.807, 2.05) is 12.1 Å². The molecule has 1 aromatic carbocycles. The number of fused-ring (bicyclic) bond motifs is 1. The summed E-state index contributed by atoms with van der Waals surface area (Å²) < 4.78 is 11.5. The first-order chi connectivity index (χ1) is 10.1. The monoisotopic (exact) mass is 388 g/mol. The molecule has 0 aliphatic carbocycles. The molecule has 7 heteroatoms. The normalized spacial score (nSPS) is 12.8. The fourth-order valence-electron chi connectivity index (χ4n) is 2.11. The molecule has 1 aromatic heterocycles. The molecule has 3 rings (SSSR count). The standard InChI is InChI=1S/C14H11BrCl2N2O2/c1-2-3-8-12(16)18-14(19-13(8)17)7-4-9(15)11-10(5-7)20-6-21-11/h4-5H,2-3,6H2,1H3. The van der Waals surface area contributed by atoms with Crippen LogP contribution in [0.1, 0.15) is 18.9 Å². The van der Waals surface area contributed by atoms with E-state index in [1.54, 1.807) is 0 Å². The Morgan fingerprint density at radius 2 is 1.90 bits per heavy atom. The maximum Gasteiger partial charge on any atom is 0.231 e. The average molecular weight is 390 g/mol. The van der Waals surface area contributed by atoms with Gasteiger partial charge in [-0.2, -0.15) is 0 Å². The molecule has 0 saturated heterocycles. The first kappa shape index (κ1) is 14.9. The molecule has 1 aliphatic rings. The topological polar surface area (TPSA) is 44.2 Å². The van der Waals surface area contributed by atoms with Crippen LogP contribution in [0.15, 0.2) is 16.6 Å². The summed E-state index contributed by atoms with van der Waals surface area (Å²) in [4.78, 5) is 8.68. The first-order valence-electron chi connectivity index (χ1n) is 6.41. The lowest BCUT2D eigenvalue weighted by atomic mass is 10.1. The second-order valence-corrected chi connectivity index (χ2v) is 6.12. The predicted molar refractivity (Wildman–Crippen MR) is 85.3 cm³/mol. The number of nitrogens with zero attached hydrogens (tertiary/aromatic N) is 2. The Kier molecular flexibility index (Phi) is 4.24. The number of hydrogen-bond acceptors (Lipinski definition) is 4. The average Bonchev–Trinajstić information content (AvgIpc) is 2.91. The Morgan fingerprint density at radius 1 is 1.19 bits per heavy atom. The van der Waals surface area contributed by atoms with Gasteiger partial charge in [0.1, 0.15) is 10.3 Å². The third-order valence-corrected chi connectivity index (χ3v) is 4.31. The number of hydrogen-bond donors (Lipinski definition) is 0. The zero-order valence-electron chi connectivity index (χ0n) is 11.1. The highest BCUT2D eigenvalue weighted by atomic mass is 79.9. The number of rotatable bonds is 3. The van der Waals surface area contributed by atoms with E-state index in [-0.39, 0.29) is 6.79 Å². The van der Waals surface area contributed by atoms with E-state index in [2.05, 4.69) is 32.8 Å². The van der Waals surface area contributed by atoms with Crippen LogP contribution >= 0.6 is 39.1 Å². The van der Waals surface area contributed by atoms with Crippen molar-refractivity contribution in [3.63, 3.8) is 0 Å². The Labute approximate surface area is 140 Å². The van der Waals surface area contributed by atoms with Gasteiger partial charge in [0.05, 0.1) is 4.47 Å². The number of ether oxygens (including phenoxy) is 2. The maximum atomic E-state index is 6.22. The Balaban J connectivity index is 2.07. The molecule has 0 amide bonds. The van der Waals surface area contributed by atoms with Crippen LogP contribution in [0.5, 0.6) is 11.5 Å². The van der Waals surface area contributed by atoms with E-state index < -0.39 is 0 Å². The summed E-state index contributed by atoms with van der Waals surface area (Å²) in [7, 11) is 0. The third kappa shape index (κ3) is 2.82. The van der Waals surface area contributed by atoms with Crippen molar-refractivity contribution < 1.29 is 9.47 Å². The maximum absolute atomic E-state index is 6.22. The SMILES string of the molecule is CCCc1c(Cl)nc(-c2cc(Br)c3c(c2)OCO3)nc1Cl. The first-order valence-corrected chi connectivity index (χ1v) is 7.96. The Morgan fingerprint density at radius 3 is 2.57 bits per heavy atom. The van der Waals surface area contributed by atoms with Gasteiger partial charge in [-0.05, 0) is 34.5 Å². The minimum absolute atomic E-state index is 0.204. The van der Waals surface area contributed by atoms with Gasteiger partial charge in [-0.15, -0.1) is 0 Å². The van der Waals surface area contributed by atoms with Gasteiger partial charge >= 0.3 is 0 Å². The number of benzene rings is 1. The van der Waals surface area contributed by atoms with Crippen LogP contribution < -0.4 is 9.47 Å². The van der Waals surface area contributed by atoms with Crippen LogP contribution in [0.4, 0.5) is 0 Å². The van der Waals surface area contributed by atoms with Crippen LogP contribution in [0.2, 0.25) is 10.3 Å². The quantitative estimate of drug-likeness (QED) is 0.700. The summed E-state index contributed by atoms with van der Waals surface area (Å²) in [5.74, 6) is 1.79. The van der Waals surface area contributed by atoms with Crippen molar-refractivity contribution in [1.29, 1.82) is 0 Å². The van der Waals surface area contributed by atoms with Crippen molar-refractivity contribution >= 4 is 39.1 Å². The van der Waals surface area contributed by atoms with Gasteiger partial charge in [-0.3, -0.25) is 0 Å². The van der Waals surface area contributed by atoms with Crippen molar-refractivity contribution in [2.75, 3.05) is 6.79 Å². The smallest absolute Gasteiger partial charge is 0.231 e. The summed E-state index contributed by atoms with van der Waals surface area (Å²) in [5, 5.41) is 0.779. The van der Waals surface area contributed by atoms with Gasteiger partial charge < -0.3 is 9.47 Å². The molecule has 0 bridgehead atoms. The molecule has 0 spiro atoms. The molecule has 0 N–H and O–H groups in total. The molecule has 1 aliphatic heterocycles. The van der Waals surface area contributed by atoms with E-state index >= 15 is 0 Å². The van der Waals surface area contributed by atoms with Crippen molar-refractivity contribution in [3.8, 4) is 22.9 Å². The van der Waals surface area contributed by atoms with Gasteiger partial charge in [0.25, 0.3) is 0 Å². The van der Waals surface area contributed by atoms with E-state index in [0.717, 1.165) is 28.4 Å². The summed E-state index contributed by atoms with van der Waals surface area (Å²) in [6.45, 7) is 2.25. The van der Waals surface area contributed by atoms with Gasteiger partial charge in [-0.25, -0.2) is 9.97 Å². The van der Waals surface area contributed by atoms with Crippen molar-refractivity contribution in [2.45, 2.75) is 19.8 Å². The molecular weight excluding hydrogens is 379 g/mol. The molecular formula is C14H11BrCl2N2O2. The van der Waals surface area contributed by atoms with Gasteiger partial charge in [0.15, 0.2) is 17.3 Å². The summed E-state index contributed by atoms with van der Waals surface area (Å²) in [6, 6.07) is 3.67. The van der Waals surface area contributed by atoms with Crippen LogP contribution in [0.25, 0.3) is 11.4 Å². The van der Waals surface area contributed by atoms with Crippen molar-refractivity contribution in [3.05, 3.63) is 32.5 Å². The summed E-state index contributed by atoms with van der Waals surface area (Å²) in [5.41, 5.74) is 1.54. The van der Waals surface area contributed by atoms with Crippen molar-refractivity contribution in [2.24, 2.45) is 0 Å². The highest BCUT2D eigenvalue weighted by molar-refractivity contribution is 9.10. The van der Waals surface area contributed by atoms with Crippen LogP contribution in [-0.2, 0) is 6.42 Å². The highest BCUT2D eigenvalue weighted by Crippen LogP contribution is 2.42. The van der Waals surface area contributed by atoms with E-state index in [0.29, 0.717) is 27.6 Å². The fraction of sp³-hybridized carbons (Fsp3) is 0.286. The van der Waals surface area contributed by atoms with E-state index in [4.69, 9.17) is 32.7 Å². The lowest BCUT2D eigenvalue weighted by Crippen LogP contribution is -1.97. The molecule has 2 heterocycles. The Bertz CT molecular complexity index is 687. The molecule has 0 saturated carbocycles. The summed E-state index contributed by atoms with van der Waals surface area (Å²) in [6.07, 6.45) is 1.68. The second-order valence-electron chi connectivity index (χ2n) is 4.55. The van der Waals surface area contributed by atoms with Gasteiger partial charge in [0, 0.05) is 11.1 Å². The molecule has 0 radical (unpaired) electrons. The zero-order valence-corrected chi connectivity index (χ0v) is 14.2. The molecule has 110 valence electrons. The molecule has 2 aromatic rings. The van der Waals surface area contributed by atoms with Crippen LogP contribution in [0, 0.1) is 0 Å². The van der Waals surface area contributed by atoms with E-state index in [1.165, 1.54) is 0 Å². The van der Waals surface area contributed by atoms with Crippen molar-refractivity contribution in [1.82, 2.24) is 9.97 Å². The number of halogens is 3. The van der Waals surface area contributed by atoms with E-state index in [9.17, 15) is 0 Å². The molecule has 0 fully saturated rings. The third-order valence-electron chi connectivity index (χ3n) is 3.09.